The molecule has 0 aromatic rings. The van der Waals surface area contributed by atoms with Crippen molar-refractivity contribution < 1.29 is 64.6 Å². The summed E-state index contributed by atoms with van der Waals surface area (Å²) in [4.78, 5) is 13.2. The maximum Gasteiger partial charge on any atom is 0.220 e. The molecule has 0 radical (unpaired) electrons. The molecule has 2 fully saturated rings. The summed E-state index contributed by atoms with van der Waals surface area (Å²) in [6.45, 7) is 2.49. The van der Waals surface area contributed by atoms with Crippen LogP contribution in [0.1, 0.15) is 149 Å². The molecule has 0 saturated carbocycles. The Hall–Kier alpha value is -3.09. The average molecular weight is 974 g/mol. The molecule has 1 amide bonds. The Morgan fingerprint density at radius 2 is 0.971 bits per heavy atom. The van der Waals surface area contributed by atoms with E-state index in [1.165, 1.54) is 32.1 Å². The van der Waals surface area contributed by atoms with Crippen LogP contribution in [0.15, 0.2) is 97.2 Å². The predicted octanol–water partition coefficient (Wildman–Crippen LogP) is 7.15. The Morgan fingerprint density at radius 1 is 0.522 bits per heavy atom. The predicted molar refractivity (Wildman–Crippen MR) is 272 cm³/mol. The summed E-state index contributed by atoms with van der Waals surface area (Å²) < 4.78 is 22.6. The first-order chi connectivity index (χ1) is 33.6. The summed E-state index contributed by atoms with van der Waals surface area (Å²) >= 11 is 0. The van der Waals surface area contributed by atoms with Crippen LogP contribution in [0.2, 0.25) is 0 Å². The molecule has 69 heavy (non-hydrogen) atoms. The Morgan fingerprint density at radius 3 is 1.54 bits per heavy atom. The molecule has 2 aliphatic rings. The molecule has 0 aromatic carbocycles. The van der Waals surface area contributed by atoms with E-state index in [2.05, 4.69) is 104 Å². The Bertz CT molecular complexity index is 1520. The number of amides is 1. The van der Waals surface area contributed by atoms with Gasteiger partial charge in [0.1, 0.15) is 48.8 Å². The first-order valence-electron chi connectivity index (χ1n) is 26.0. The summed E-state index contributed by atoms with van der Waals surface area (Å²) in [5, 5.41) is 86.6. The molecule has 0 aromatic heterocycles. The molecular formula is C55H91NO13. The molecule has 14 nitrogen and oxygen atoms in total. The van der Waals surface area contributed by atoms with Crippen LogP contribution in [0.5, 0.6) is 0 Å². The Kier molecular flexibility index (Phi) is 36.4. The molecule has 9 N–H and O–H groups in total. The number of allylic oxidation sites excluding steroid dienone is 15. The number of nitrogens with one attached hydrogen (secondary N) is 1. The van der Waals surface area contributed by atoms with Crippen LogP contribution in [-0.2, 0) is 23.7 Å². The van der Waals surface area contributed by atoms with Crippen LogP contribution in [0, 0.1) is 0 Å². The fourth-order valence-corrected chi connectivity index (χ4v) is 7.82. The third-order valence-corrected chi connectivity index (χ3v) is 12.0. The van der Waals surface area contributed by atoms with Gasteiger partial charge < -0.3 is 65.1 Å². The minimum absolute atomic E-state index is 0.256. The summed E-state index contributed by atoms with van der Waals surface area (Å²) in [7, 11) is 0. The summed E-state index contributed by atoms with van der Waals surface area (Å²) in [6, 6.07) is -0.945. The van der Waals surface area contributed by atoms with Crippen molar-refractivity contribution in [3.05, 3.63) is 97.2 Å². The van der Waals surface area contributed by atoms with Gasteiger partial charge in [-0.3, -0.25) is 4.79 Å². The molecule has 14 heteroatoms. The second kappa shape index (κ2) is 40.5. The lowest BCUT2D eigenvalue weighted by Gasteiger charge is -2.46. The van der Waals surface area contributed by atoms with Crippen LogP contribution in [0.25, 0.3) is 0 Å². The largest absolute Gasteiger partial charge is 0.394 e. The molecular weight excluding hydrogens is 883 g/mol. The van der Waals surface area contributed by atoms with Crippen LogP contribution in [0.3, 0.4) is 0 Å². The lowest BCUT2D eigenvalue weighted by molar-refractivity contribution is -0.359. The van der Waals surface area contributed by atoms with Crippen molar-refractivity contribution in [3.63, 3.8) is 0 Å². The number of rotatable bonds is 38. The van der Waals surface area contributed by atoms with Crippen molar-refractivity contribution in [2.45, 2.75) is 222 Å². The molecule has 2 saturated heterocycles. The van der Waals surface area contributed by atoms with E-state index in [0.717, 1.165) is 83.5 Å². The van der Waals surface area contributed by atoms with Crippen molar-refractivity contribution in [2.24, 2.45) is 0 Å². The van der Waals surface area contributed by atoms with Gasteiger partial charge in [0.05, 0.1) is 32.0 Å². The standard InChI is InChI=1S/C55H91NO13/c1-3-5-7-9-11-13-15-16-17-18-19-20-21-22-23-24-25-26-27-28-29-31-33-35-37-39-47(60)56-43(44(59)38-36-34-32-30-14-12-10-8-6-4-2)42-66-54-52(65)50(63)53(46(41-58)68-54)69-55-51(64)49(62)48(61)45(40-57)67-55/h5-8,11,13-14,16-17,19-20,22-23,30,36,38,43-46,48-55,57-59,61-65H,3-4,9-10,12,15,18,21,24-29,31-35,37,39-42H2,1-2H3,(H,56,60)/b7-5-,8-6+,13-11-,17-16-,20-19-,23-22-,30-14+,38-36+. The monoisotopic (exact) mass is 974 g/mol. The second-order valence-electron chi connectivity index (χ2n) is 17.9. The van der Waals surface area contributed by atoms with Crippen molar-refractivity contribution in [2.75, 3.05) is 19.8 Å². The SMILES string of the molecule is CC/C=C\C/C=C\C/C=C\C/C=C\C/C=C\CCCCCCCCCCCC(=O)NC(COC1OC(CO)C(OC2OC(CO)C(O)C(O)C2O)C(O)C1O)C(O)/C=C/CC/C=C/CC/C=C/CC. The number of ether oxygens (including phenoxy) is 4. The first kappa shape index (κ1) is 62.0. The molecule has 2 rings (SSSR count). The van der Waals surface area contributed by atoms with Gasteiger partial charge in [0.2, 0.25) is 5.91 Å². The number of aliphatic hydroxyl groups is 8. The Balaban J connectivity index is 1.76. The van der Waals surface area contributed by atoms with Crippen LogP contribution in [0.4, 0.5) is 0 Å². The fraction of sp³-hybridized carbons (Fsp3) is 0.691. The number of hydrogen-bond acceptors (Lipinski definition) is 13. The summed E-state index contributed by atoms with van der Waals surface area (Å²) in [6.07, 6.45) is 37.5. The number of unbranched alkanes of at least 4 members (excludes halogenated alkanes) is 11. The molecule has 0 aliphatic carbocycles. The number of aliphatic hydroxyl groups excluding tert-OH is 8. The van der Waals surface area contributed by atoms with Gasteiger partial charge in [-0.05, 0) is 83.5 Å². The molecule has 0 spiro atoms. The third-order valence-electron chi connectivity index (χ3n) is 12.0. The summed E-state index contributed by atoms with van der Waals surface area (Å²) in [5.41, 5.74) is 0. The van der Waals surface area contributed by atoms with E-state index in [-0.39, 0.29) is 18.9 Å². The van der Waals surface area contributed by atoms with Gasteiger partial charge >= 0.3 is 0 Å². The van der Waals surface area contributed by atoms with E-state index in [1.807, 2.05) is 6.08 Å². The van der Waals surface area contributed by atoms with Gasteiger partial charge in [0.15, 0.2) is 12.6 Å². The molecule has 2 heterocycles. The highest BCUT2D eigenvalue weighted by Crippen LogP contribution is 2.30. The zero-order valence-electron chi connectivity index (χ0n) is 41.8. The van der Waals surface area contributed by atoms with Gasteiger partial charge in [-0.15, -0.1) is 0 Å². The first-order valence-corrected chi connectivity index (χ1v) is 26.0. The number of hydrogen-bond donors (Lipinski definition) is 9. The Labute approximate surface area is 413 Å². The van der Waals surface area contributed by atoms with Crippen LogP contribution < -0.4 is 5.32 Å². The van der Waals surface area contributed by atoms with Gasteiger partial charge in [-0.1, -0.05) is 156 Å². The van der Waals surface area contributed by atoms with E-state index in [9.17, 15) is 45.6 Å². The van der Waals surface area contributed by atoms with E-state index < -0.39 is 86.8 Å². The minimum atomic E-state index is -1.80. The molecule has 12 atom stereocenters. The quantitative estimate of drug-likeness (QED) is 0.0222. The van der Waals surface area contributed by atoms with E-state index in [1.54, 1.807) is 6.08 Å². The fourth-order valence-electron chi connectivity index (χ4n) is 7.82. The molecule has 2 aliphatic heterocycles. The zero-order chi connectivity index (χ0) is 50.3. The van der Waals surface area contributed by atoms with Crippen molar-refractivity contribution in [1.82, 2.24) is 5.32 Å². The molecule has 394 valence electrons. The highest BCUT2D eigenvalue weighted by Gasteiger charge is 2.51. The maximum atomic E-state index is 13.2. The van der Waals surface area contributed by atoms with E-state index in [4.69, 9.17) is 18.9 Å². The van der Waals surface area contributed by atoms with Crippen molar-refractivity contribution >= 4 is 5.91 Å². The van der Waals surface area contributed by atoms with Gasteiger partial charge in [0, 0.05) is 6.42 Å². The lowest BCUT2D eigenvalue weighted by Crippen LogP contribution is -2.65. The molecule has 0 bridgehead atoms. The number of carbonyl (C=O) groups is 1. The summed E-state index contributed by atoms with van der Waals surface area (Å²) in [5.74, 6) is -0.269. The zero-order valence-corrected chi connectivity index (χ0v) is 41.8. The third kappa shape index (κ3) is 27.4. The second-order valence-corrected chi connectivity index (χ2v) is 17.9. The van der Waals surface area contributed by atoms with Gasteiger partial charge in [0.25, 0.3) is 0 Å². The van der Waals surface area contributed by atoms with Crippen LogP contribution >= 0.6 is 0 Å². The topological polar surface area (TPSA) is 228 Å². The van der Waals surface area contributed by atoms with E-state index >= 15 is 0 Å². The highest BCUT2D eigenvalue weighted by molar-refractivity contribution is 5.76. The van der Waals surface area contributed by atoms with Gasteiger partial charge in [-0.2, -0.15) is 0 Å². The minimum Gasteiger partial charge on any atom is -0.394 e. The number of carbonyl (C=O) groups excluding carboxylic acids is 1. The normalized spacial score (nSPS) is 27.0. The molecule has 12 unspecified atom stereocenters. The lowest BCUT2D eigenvalue weighted by atomic mass is 9.97. The average Bonchev–Trinajstić information content (AvgIpc) is 3.35. The van der Waals surface area contributed by atoms with E-state index in [0.29, 0.717) is 12.8 Å². The maximum absolute atomic E-state index is 13.2. The highest BCUT2D eigenvalue weighted by atomic mass is 16.7. The van der Waals surface area contributed by atoms with Crippen LogP contribution in [-0.4, -0.2) is 140 Å². The smallest absolute Gasteiger partial charge is 0.220 e. The van der Waals surface area contributed by atoms with Crippen molar-refractivity contribution in [1.29, 1.82) is 0 Å². The van der Waals surface area contributed by atoms with Crippen molar-refractivity contribution in [3.8, 4) is 0 Å². The van der Waals surface area contributed by atoms with Gasteiger partial charge in [-0.25, -0.2) is 0 Å².